The maximum Gasteiger partial charge on any atom is 0.124 e. The lowest BCUT2D eigenvalue weighted by atomic mass is 9.93. The Balaban J connectivity index is 2.08. The van der Waals surface area contributed by atoms with E-state index in [0.717, 1.165) is 51.0 Å². The minimum absolute atomic E-state index is 0.0310. The second-order valence-electron chi connectivity index (χ2n) is 5.89. The van der Waals surface area contributed by atoms with Crippen LogP contribution in [0.2, 0.25) is 0 Å². The maximum atomic E-state index is 13.3. The van der Waals surface area contributed by atoms with Crippen molar-refractivity contribution in [3.63, 3.8) is 0 Å². The summed E-state index contributed by atoms with van der Waals surface area (Å²) in [6.45, 7) is 2.03. The highest BCUT2D eigenvalue weighted by atomic mass is 32.1. The Bertz CT molecular complexity index is 850. The van der Waals surface area contributed by atoms with Gasteiger partial charge < -0.3 is 5.11 Å². The molecule has 0 bridgehead atoms. The number of nitrogens with zero attached hydrogens (tertiary/aromatic N) is 1. The van der Waals surface area contributed by atoms with Crippen molar-refractivity contribution in [2.24, 2.45) is 0 Å². The molecule has 4 heteroatoms. The van der Waals surface area contributed by atoms with Crippen LogP contribution in [-0.2, 0) is 6.61 Å². The van der Waals surface area contributed by atoms with E-state index in [1.54, 1.807) is 23.5 Å². The van der Waals surface area contributed by atoms with Crippen LogP contribution in [0, 0.1) is 12.7 Å². The number of fused-ring (bicyclic) bond motifs is 1. The van der Waals surface area contributed by atoms with Crippen LogP contribution in [0.4, 0.5) is 4.39 Å². The Labute approximate surface area is 132 Å². The molecule has 4 rings (SSSR count). The molecule has 0 atom stereocenters. The van der Waals surface area contributed by atoms with Gasteiger partial charge in [0.15, 0.2) is 0 Å². The number of hydrogen-bond acceptors (Lipinski definition) is 3. The van der Waals surface area contributed by atoms with Crippen molar-refractivity contribution in [3.05, 3.63) is 52.3 Å². The molecule has 1 aliphatic rings. The summed E-state index contributed by atoms with van der Waals surface area (Å²) < 4.78 is 13.3. The zero-order valence-corrected chi connectivity index (χ0v) is 13.1. The summed E-state index contributed by atoms with van der Waals surface area (Å²) in [4.78, 5) is 5.83. The van der Waals surface area contributed by atoms with Crippen LogP contribution >= 0.6 is 11.3 Å². The number of aromatic nitrogens is 1. The molecule has 1 saturated carbocycles. The van der Waals surface area contributed by atoms with Crippen LogP contribution in [0.1, 0.15) is 35.6 Å². The molecule has 112 valence electrons. The van der Waals surface area contributed by atoms with Gasteiger partial charge in [-0.25, -0.2) is 9.37 Å². The van der Waals surface area contributed by atoms with Crippen molar-refractivity contribution in [3.8, 4) is 11.1 Å². The fraction of sp³-hybridized carbons (Fsp3) is 0.278. The van der Waals surface area contributed by atoms with E-state index >= 15 is 0 Å². The third-order valence-electron chi connectivity index (χ3n) is 4.29. The number of benzene rings is 1. The fourth-order valence-electron chi connectivity index (χ4n) is 3.06. The van der Waals surface area contributed by atoms with Gasteiger partial charge in [0.2, 0.25) is 0 Å². The Morgan fingerprint density at radius 3 is 2.64 bits per heavy atom. The maximum absolute atomic E-state index is 13.3. The van der Waals surface area contributed by atoms with Crippen LogP contribution in [0.15, 0.2) is 29.6 Å². The molecule has 1 fully saturated rings. The number of rotatable bonds is 3. The average molecular weight is 313 g/mol. The van der Waals surface area contributed by atoms with Crippen LogP contribution in [0.25, 0.3) is 21.3 Å². The highest BCUT2D eigenvalue weighted by Crippen LogP contribution is 2.46. The molecule has 22 heavy (non-hydrogen) atoms. The van der Waals surface area contributed by atoms with Gasteiger partial charge in [-0.2, -0.15) is 0 Å². The summed E-state index contributed by atoms with van der Waals surface area (Å²) in [5.41, 5.74) is 5.05. The summed E-state index contributed by atoms with van der Waals surface area (Å²) in [6, 6.07) is 6.52. The van der Waals surface area contributed by atoms with Gasteiger partial charge in [0.05, 0.1) is 12.3 Å². The van der Waals surface area contributed by atoms with Gasteiger partial charge in [0, 0.05) is 16.9 Å². The highest BCUT2D eigenvalue weighted by Gasteiger charge is 2.30. The van der Waals surface area contributed by atoms with Crippen LogP contribution in [0.5, 0.6) is 0 Å². The largest absolute Gasteiger partial charge is 0.392 e. The normalized spacial score (nSPS) is 14.7. The predicted octanol–water partition coefficient (Wildman–Crippen LogP) is 4.78. The molecule has 0 saturated heterocycles. The molecule has 1 N–H and O–H groups in total. The smallest absolute Gasteiger partial charge is 0.124 e. The number of thiophene rings is 1. The summed E-state index contributed by atoms with van der Waals surface area (Å²) in [5.74, 6) is 0.220. The van der Waals surface area contributed by atoms with Gasteiger partial charge in [0.1, 0.15) is 10.6 Å². The SMILES string of the molecule is Cc1csc2nc(C3CC3)c(CO)c(-c3ccc(F)cc3)c12. The first-order valence-corrected chi connectivity index (χ1v) is 8.34. The van der Waals surface area contributed by atoms with Crippen LogP contribution in [0.3, 0.4) is 0 Å². The molecule has 0 spiro atoms. The molecular weight excluding hydrogens is 297 g/mol. The number of aliphatic hydroxyl groups excluding tert-OH is 1. The average Bonchev–Trinajstić information content (AvgIpc) is 3.31. The number of pyridine rings is 1. The lowest BCUT2D eigenvalue weighted by molar-refractivity contribution is 0.280. The minimum atomic E-state index is -0.246. The number of aliphatic hydroxyl groups is 1. The molecule has 1 aliphatic carbocycles. The van der Waals surface area contributed by atoms with E-state index in [2.05, 4.69) is 12.3 Å². The Hall–Kier alpha value is -1.78. The Morgan fingerprint density at radius 1 is 1.27 bits per heavy atom. The van der Waals surface area contributed by atoms with Crippen molar-refractivity contribution in [1.82, 2.24) is 4.98 Å². The van der Waals surface area contributed by atoms with Gasteiger partial charge >= 0.3 is 0 Å². The molecule has 2 nitrogen and oxygen atoms in total. The first kappa shape index (κ1) is 13.9. The van der Waals surface area contributed by atoms with Crippen molar-refractivity contribution in [1.29, 1.82) is 0 Å². The molecule has 1 aromatic carbocycles. The summed E-state index contributed by atoms with van der Waals surface area (Å²) in [5, 5.41) is 13.2. The van der Waals surface area contributed by atoms with Crippen LogP contribution < -0.4 is 0 Å². The van der Waals surface area contributed by atoms with Gasteiger partial charge in [-0.1, -0.05) is 12.1 Å². The molecule has 3 aromatic rings. The van der Waals surface area contributed by atoms with E-state index in [1.807, 2.05) is 0 Å². The van der Waals surface area contributed by atoms with E-state index in [9.17, 15) is 9.50 Å². The fourth-order valence-corrected chi connectivity index (χ4v) is 4.00. The molecular formula is C18H16FNOS. The summed E-state index contributed by atoms with van der Waals surface area (Å²) in [6.07, 6.45) is 2.28. The van der Waals surface area contributed by atoms with E-state index < -0.39 is 0 Å². The molecule has 0 aliphatic heterocycles. The Kier molecular flexibility index (Phi) is 3.24. The van der Waals surface area contributed by atoms with Gasteiger partial charge in [-0.3, -0.25) is 0 Å². The van der Waals surface area contributed by atoms with Crippen molar-refractivity contribution in [2.45, 2.75) is 32.3 Å². The quantitative estimate of drug-likeness (QED) is 0.755. The number of aryl methyl sites for hydroxylation is 1. The van der Waals surface area contributed by atoms with Gasteiger partial charge in [0.25, 0.3) is 0 Å². The van der Waals surface area contributed by atoms with E-state index in [0.29, 0.717) is 5.92 Å². The molecule has 0 unspecified atom stereocenters. The predicted molar refractivity (Wildman–Crippen MR) is 87.6 cm³/mol. The Morgan fingerprint density at radius 2 is 2.00 bits per heavy atom. The zero-order valence-electron chi connectivity index (χ0n) is 12.3. The van der Waals surface area contributed by atoms with E-state index in [4.69, 9.17) is 4.98 Å². The molecule has 0 amide bonds. The second-order valence-corrected chi connectivity index (χ2v) is 6.75. The topological polar surface area (TPSA) is 33.1 Å². The van der Waals surface area contributed by atoms with E-state index in [-0.39, 0.29) is 12.4 Å². The summed E-state index contributed by atoms with van der Waals surface area (Å²) >= 11 is 1.64. The monoisotopic (exact) mass is 313 g/mol. The minimum Gasteiger partial charge on any atom is -0.392 e. The molecule has 2 aromatic heterocycles. The lowest BCUT2D eigenvalue weighted by Gasteiger charge is -2.15. The second kappa shape index (κ2) is 5.14. The standard InChI is InChI=1S/C18H16FNOS/c1-10-9-22-18-15(10)16(11-4-6-13(19)7-5-11)14(8-21)17(20-18)12-2-3-12/h4-7,9,12,21H,2-3,8H2,1H3. The molecule has 2 heterocycles. The van der Waals surface area contributed by atoms with Crippen molar-refractivity contribution >= 4 is 21.6 Å². The van der Waals surface area contributed by atoms with Crippen LogP contribution in [-0.4, -0.2) is 10.1 Å². The number of hydrogen-bond donors (Lipinski definition) is 1. The first-order valence-electron chi connectivity index (χ1n) is 7.46. The first-order chi connectivity index (χ1) is 10.7. The molecule has 0 radical (unpaired) electrons. The van der Waals surface area contributed by atoms with E-state index in [1.165, 1.54) is 12.1 Å². The van der Waals surface area contributed by atoms with Crippen molar-refractivity contribution in [2.75, 3.05) is 0 Å². The lowest BCUT2D eigenvalue weighted by Crippen LogP contribution is -2.01. The number of halogens is 1. The van der Waals surface area contributed by atoms with Gasteiger partial charge in [-0.15, -0.1) is 11.3 Å². The third kappa shape index (κ3) is 2.14. The zero-order chi connectivity index (χ0) is 15.3. The van der Waals surface area contributed by atoms with Gasteiger partial charge in [-0.05, 0) is 54.0 Å². The van der Waals surface area contributed by atoms with Crippen molar-refractivity contribution < 1.29 is 9.50 Å². The highest BCUT2D eigenvalue weighted by molar-refractivity contribution is 7.17. The summed E-state index contributed by atoms with van der Waals surface area (Å²) in [7, 11) is 0. The third-order valence-corrected chi connectivity index (χ3v) is 5.28.